The van der Waals surface area contributed by atoms with Crippen LogP contribution in [0.4, 0.5) is 11.4 Å². The molecule has 7 heteroatoms. The molecule has 152 valence electrons. The molecule has 0 saturated heterocycles. The van der Waals surface area contributed by atoms with Gasteiger partial charge in [0.2, 0.25) is 12.7 Å². The summed E-state index contributed by atoms with van der Waals surface area (Å²) in [4.78, 5) is 23.1. The minimum Gasteiger partial charge on any atom is -0.483 e. The molecule has 5 rings (SSSR count). The van der Waals surface area contributed by atoms with Gasteiger partial charge in [-0.2, -0.15) is 0 Å². The highest BCUT2D eigenvalue weighted by Crippen LogP contribution is 2.45. The van der Waals surface area contributed by atoms with Crippen LogP contribution in [0.15, 0.2) is 30.3 Å². The van der Waals surface area contributed by atoms with E-state index in [1.807, 2.05) is 12.1 Å². The summed E-state index contributed by atoms with van der Waals surface area (Å²) in [5, 5.41) is 9.87. The van der Waals surface area contributed by atoms with Gasteiger partial charge in [0.25, 0.3) is 6.47 Å². The third kappa shape index (κ3) is 3.48. The summed E-state index contributed by atoms with van der Waals surface area (Å²) in [6.45, 7) is 5.51. The largest absolute Gasteiger partial charge is 0.483 e. The fraction of sp³-hybridized carbons (Fsp3) is 0.364. The Morgan fingerprint density at radius 2 is 1.93 bits per heavy atom. The van der Waals surface area contributed by atoms with E-state index in [-0.39, 0.29) is 25.1 Å². The van der Waals surface area contributed by atoms with Crippen LogP contribution in [0.25, 0.3) is 0 Å². The molecule has 3 aliphatic heterocycles. The third-order valence-corrected chi connectivity index (χ3v) is 5.64. The number of hydrogen-bond acceptors (Lipinski definition) is 5. The van der Waals surface area contributed by atoms with Crippen molar-refractivity contribution in [3.63, 3.8) is 0 Å². The Morgan fingerprint density at radius 1 is 1.21 bits per heavy atom. The summed E-state index contributed by atoms with van der Waals surface area (Å²) in [6, 6.07) is 11.1. The highest BCUT2D eigenvalue weighted by molar-refractivity contribution is 5.96. The van der Waals surface area contributed by atoms with E-state index in [4.69, 9.17) is 19.4 Å². The highest BCUT2D eigenvalue weighted by Gasteiger charge is 2.31. The number of anilines is 2. The lowest BCUT2D eigenvalue weighted by atomic mass is 9.83. The number of benzene rings is 2. The van der Waals surface area contributed by atoms with E-state index in [0.29, 0.717) is 18.2 Å². The molecule has 0 saturated carbocycles. The van der Waals surface area contributed by atoms with Crippen molar-refractivity contribution < 1.29 is 24.2 Å². The molecule has 1 atom stereocenters. The van der Waals surface area contributed by atoms with Crippen molar-refractivity contribution in [2.75, 3.05) is 23.6 Å². The van der Waals surface area contributed by atoms with Crippen LogP contribution in [0.3, 0.4) is 0 Å². The summed E-state index contributed by atoms with van der Waals surface area (Å²) < 4.78 is 11.0. The van der Waals surface area contributed by atoms with Crippen LogP contribution in [0, 0.1) is 0 Å². The van der Waals surface area contributed by atoms with Gasteiger partial charge in [-0.05, 0) is 49.1 Å². The van der Waals surface area contributed by atoms with Gasteiger partial charge in [0.05, 0.1) is 0 Å². The van der Waals surface area contributed by atoms with Gasteiger partial charge in [-0.3, -0.25) is 9.59 Å². The number of nitrogens with zero attached hydrogens (tertiary/aromatic N) is 1. The Kier molecular flexibility index (Phi) is 5.05. The summed E-state index contributed by atoms with van der Waals surface area (Å²) >= 11 is 0. The summed E-state index contributed by atoms with van der Waals surface area (Å²) in [5.74, 6) is 1.56. The van der Waals surface area contributed by atoms with Crippen LogP contribution in [0.5, 0.6) is 11.5 Å². The normalized spacial score (nSPS) is 18.5. The Hall–Kier alpha value is -3.22. The first-order valence-corrected chi connectivity index (χ1v) is 9.72. The molecule has 0 aliphatic carbocycles. The van der Waals surface area contributed by atoms with E-state index in [9.17, 15) is 4.79 Å². The molecule has 3 heterocycles. The zero-order valence-corrected chi connectivity index (χ0v) is 16.5. The molecular weight excluding hydrogens is 372 g/mol. The Balaban J connectivity index is 0.000000645. The first kappa shape index (κ1) is 19.1. The molecular formula is C22H24N2O5. The number of amides is 1. The number of rotatable bonds is 2. The molecule has 3 aliphatic rings. The SMILES string of the molecule is CC(C)N1CCc2cc(C3CC(=O)Nc4cc5c(cc43)OCO5)ccc21.O=CO. The van der Waals surface area contributed by atoms with Gasteiger partial charge in [-0.25, -0.2) is 0 Å². The second kappa shape index (κ2) is 7.66. The number of ether oxygens (including phenoxy) is 2. The lowest BCUT2D eigenvalue weighted by Gasteiger charge is -2.27. The van der Waals surface area contributed by atoms with E-state index < -0.39 is 0 Å². The third-order valence-electron chi connectivity index (χ3n) is 5.64. The van der Waals surface area contributed by atoms with Gasteiger partial charge >= 0.3 is 0 Å². The maximum Gasteiger partial charge on any atom is 0.290 e. The zero-order valence-electron chi connectivity index (χ0n) is 16.5. The molecule has 1 unspecified atom stereocenters. The van der Waals surface area contributed by atoms with Crippen LogP contribution >= 0.6 is 0 Å². The predicted molar refractivity (Wildman–Crippen MR) is 109 cm³/mol. The maximum absolute atomic E-state index is 12.3. The molecule has 0 fully saturated rings. The van der Waals surface area contributed by atoms with Gasteiger partial charge in [-0.1, -0.05) is 12.1 Å². The van der Waals surface area contributed by atoms with E-state index in [2.05, 4.69) is 42.3 Å². The zero-order chi connectivity index (χ0) is 20.5. The minimum absolute atomic E-state index is 0.0469. The first-order valence-electron chi connectivity index (χ1n) is 9.72. The molecule has 7 nitrogen and oxygen atoms in total. The fourth-order valence-corrected chi connectivity index (χ4v) is 4.35. The van der Waals surface area contributed by atoms with Crippen molar-refractivity contribution in [2.45, 2.75) is 38.6 Å². The van der Waals surface area contributed by atoms with Crippen molar-refractivity contribution in [1.82, 2.24) is 0 Å². The number of carbonyl (C=O) groups excluding carboxylic acids is 1. The van der Waals surface area contributed by atoms with Crippen molar-refractivity contribution in [2.24, 2.45) is 0 Å². The Labute approximate surface area is 169 Å². The molecule has 0 aromatic heterocycles. The quantitative estimate of drug-likeness (QED) is 0.757. The smallest absolute Gasteiger partial charge is 0.290 e. The predicted octanol–water partition coefficient (Wildman–Crippen LogP) is 3.36. The van der Waals surface area contributed by atoms with Crippen LogP contribution < -0.4 is 19.7 Å². The Bertz CT molecular complexity index is 956. The van der Waals surface area contributed by atoms with Gasteiger partial charge < -0.3 is 24.8 Å². The monoisotopic (exact) mass is 396 g/mol. The second-order valence-corrected chi connectivity index (χ2v) is 7.63. The van der Waals surface area contributed by atoms with E-state index >= 15 is 0 Å². The van der Waals surface area contributed by atoms with Crippen molar-refractivity contribution >= 4 is 23.8 Å². The number of fused-ring (bicyclic) bond motifs is 3. The lowest BCUT2D eigenvalue weighted by Crippen LogP contribution is -2.28. The highest BCUT2D eigenvalue weighted by atomic mass is 16.7. The van der Waals surface area contributed by atoms with Gasteiger partial charge in [0.1, 0.15) is 0 Å². The van der Waals surface area contributed by atoms with Gasteiger partial charge in [0.15, 0.2) is 11.5 Å². The average molecular weight is 396 g/mol. The fourth-order valence-electron chi connectivity index (χ4n) is 4.35. The lowest BCUT2D eigenvalue weighted by molar-refractivity contribution is -0.123. The number of hydrogen-bond donors (Lipinski definition) is 2. The number of carboxylic acid groups (broad SMARTS) is 1. The van der Waals surface area contributed by atoms with E-state index in [1.54, 1.807) is 0 Å². The number of carbonyl (C=O) groups is 2. The molecule has 0 radical (unpaired) electrons. The van der Waals surface area contributed by atoms with E-state index in [0.717, 1.165) is 30.0 Å². The molecule has 2 aromatic carbocycles. The van der Waals surface area contributed by atoms with Crippen molar-refractivity contribution in [1.29, 1.82) is 0 Å². The number of nitrogens with one attached hydrogen (secondary N) is 1. The van der Waals surface area contributed by atoms with Gasteiger partial charge in [-0.15, -0.1) is 0 Å². The molecule has 2 N–H and O–H groups in total. The molecule has 1 amide bonds. The molecule has 0 spiro atoms. The maximum atomic E-state index is 12.3. The molecule has 0 bridgehead atoms. The summed E-state index contributed by atoms with van der Waals surface area (Å²) in [6.07, 6.45) is 1.52. The topological polar surface area (TPSA) is 88.1 Å². The van der Waals surface area contributed by atoms with Crippen molar-refractivity contribution in [3.8, 4) is 11.5 Å². The van der Waals surface area contributed by atoms with Crippen molar-refractivity contribution in [3.05, 3.63) is 47.0 Å². The van der Waals surface area contributed by atoms with Crippen LogP contribution in [-0.2, 0) is 16.0 Å². The standard InChI is InChI=1S/C21H22N2O3.CH2O2/c1-12(2)23-6-5-14-7-13(3-4-18(14)23)15-9-21(24)22-17-10-20-19(8-16(15)17)25-11-26-20;2-1-3/h3-4,7-8,10,12,15H,5-6,9,11H2,1-2H3,(H,22,24);1H,(H,2,3). The van der Waals surface area contributed by atoms with Crippen LogP contribution in [0.1, 0.15) is 42.9 Å². The average Bonchev–Trinajstić information content (AvgIpc) is 3.32. The summed E-state index contributed by atoms with van der Waals surface area (Å²) in [7, 11) is 0. The van der Waals surface area contributed by atoms with Crippen LogP contribution in [-0.4, -0.2) is 36.9 Å². The second-order valence-electron chi connectivity index (χ2n) is 7.63. The minimum atomic E-state index is -0.250. The van der Waals surface area contributed by atoms with E-state index in [1.165, 1.54) is 16.8 Å². The van der Waals surface area contributed by atoms with Gasteiger partial charge in [0, 0.05) is 42.4 Å². The first-order chi connectivity index (χ1) is 14.0. The summed E-state index contributed by atoms with van der Waals surface area (Å²) in [5.41, 5.74) is 5.84. The molecule has 29 heavy (non-hydrogen) atoms. The Morgan fingerprint density at radius 3 is 2.66 bits per heavy atom. The van der Waals surface area contributed by atoms with Crippen LogP contribution in [0.2, 0.25) is 0 Å². The molecule has 2 aromatic rings.